The van der Waals surface area contributed by atoms with E-state index in [0.29, 0.717) is 53.3 Å². The summed E-state index contributed by atoms with van der Waals surface area (Å²) in [5, 5.41) is 10.8. The van der Waals surface area contributed by atoms with E-state index in [1.54, 1.807) is 16.8 Å². The second kappa shape index (κ2) is 10.3. The summed E-state index contributed by atoms with van der Waals surface area (Å²) in [6.45, 7) is 6.86. The average Bonchev–Trinajstić information content (AvgIpc) is 3.57. The molecule has 0 aliphatic carbocycles. The van der Waals surface area contributed by atoms with Crippen molar-refractivity contribution < 1.29 is 13.6 Å². The van der Waals surface area contributed by atoms with Crippen LogP contribution in [0.2, 0.25) is 0 Å². The molecule has 0 spiro atoms. The smallest absolute Gasteiger partial charge is 0.261 e. The first kappa shape index (κ1) is 25.2. The highest BCUT2D eigenvalue weighted by Gasteiger charge is 2.30. The lowest BCUT2D eigenvalue weighted by molar-refractivity contribution is 0.102. The third-order valence-electron chi connectivity index (χ3n) is 7.51. The van der Waals surface area contributed by atoms with Gasteiger partial charge in [0.15, 0.2) is 5.65 Å². The van der Waals surface area contributed by atoms with Crippen LogP contribution in [0.15, 0.2) is 60.9 Å². The summed E-state index contributed by atoms with van der Waals surface area (Å²) in [4.78, 5) is 22.3. The SMILES string of the molecule is CC1CN(c2ccc(NC(=O)c3cnn4ccc(N5CCC[C@@H]5c5cc(F)ccc5F)nc34)cc2)CC(C)N1. The number of carbonyl (C=O) groups is 1. The number of carbonyl (C=O) groups excluding carboxylic acids is 1. The summed E-state index contributed by atoms with van der Waals surface area (Å²) in [5.41, 5.74) is 2.84. The first-order chi connectivity index (χ1) is 18.9. The van der Waals surface area contributed by atoms with Gasteiger partial charge in [-0.3, -0.25) is 4.79 Å². The third kappa shape index (κ3) is 5.04. The molecule has 2 aromatic carbocycles. The maximum absolute atomic E-state index is 14.6. The Morgan fingerprint density at radius 1 is 1.05 bits per heavy atom. The summed E-state index contributed by atoms with van der Waals surface area (Å²) in [6, 6.07) is 13.6. The molecule has 2 unspecified atom stereocenters. The maximum Gasteiger partial charge on any atom is 0.261 e. The molecule has 0 radical (unpaired) electrons. The summed E-state index contributed by atoms with van der Waals surface area (Å²) in [7, 11) is 0. The largest absolute Gasteiger partial charge is 0.368 e. The van der Waals surface area contributed by atoms with Gasteiger partial charge in [-0.25, -0.2) is 18.3 Å². The van der Waals surface area contributed by atoms with Crippen LogP contribution in [0, 0.1) is 11.6 Å². The lowest BCUT2D eigenvalue weighted by Gasteiger charge is -2.37. The second-order valence-electron chi connectivity index (χ2n) is 10.5. The number of benzene rings is 2. The van der Waals surface area contributed by atoms with Crippen LogP contribution in [0.5, 0.6) is 0 Å². The zero-order chi connectivity index (χ0) is 27.1. The molecular formula is C29H31F2N7O. The quantitative estimate of drug-likeness (QED) is 0.386. The van der Waals surface area contributed by atoms with E-state index in [2.05, 4.69) is 34.5 Å². The van der Waals surface area contributed by atoms with Gasteiger partial charge in [0.25, 0.3) is 5.91 Å². The van der Waals surface area contributed by atoms with E-state index in [-0.39, 0.29) is 11.9 Å². The second-order valence-corrected chi connectivity index (χ2v) is 10.5. The van der Waals surface area contributed by atoms with E-state index in [1.165, 1.54) is 12.3 Å². The Hall–Kier alpha value is -4.05. The normalized spacial score (nSPS) is 21.5. The number of piperazine rings is 1. The molecular weight excluding hydrogens is 500 g/mol. The monoisotopic (exact) mass is 531 g/mol. The van der Waals surface area contributed by atoms with Crippen molar-refractivity contribution in [1.82, 2.24) is 19.9 Å². The molecule has 4 heterocycles. The van der Waals surface area contributed by atoms with Gasteiger partial charge in [0.2, 0.25) is 0 Å². The first-order valence-electron chi connectivity index (χ1n) is 13.3. The number of aromatic nitrogens is 3. The standard InChI is InChI=1S/C29H31F2N7O/c1-18-16-36(17-19(2)33-18)22-8-6-21(7-9-22)34-29(39)24-15-32-38-13-11-27(35-28(24)38)37-12-3-4-26(37)23-14-20(30)5-10-25(23)31/h5-11,13-15,18-19,26,33H,3-4,12,16-17H2,1-2H3,(H,34,39)/t18?,19?,26-/m1/s1. The number of anilines is 3. The van der Waals surface area contributed by atoms with Crippen LogP contribution in [-0.2, 0) is 0 Å². The highest BCUT2D eigenvalue weighted by Crippen LogP contribution is 2.37. The fourth-order valence-electron chi connectivity index (χ4n) is 5.81. The zero-order valence-corrected chi connectivity index (χ0v) is 21.9. The Kier molecular flexibility index (Phi) is 6.64. The third-order valence-corrected chi connectivity index (χ3v) is 7.51. The molecule has 2 saturated heterocycles. The van der Waals surface area contributed by atoms with E-state index >= 15 is 0 Å². The highest BCUT2D eigenvalue weighted by atomic mass is 19.1. The molecule has 2 aliphatic heterocycles. The Balaban J connectivity index is 1.22. The summed E-state index contributed by atoms with van der Waals surface area (Å²) < 4.78 is 30.0. The number of hydrogen-bond donors (Lipinski definition) is 2. The highest BCUT2D eigenvalue weighted by molar-refractivity contribution is 6.08. The molecule has 1 amide bonds. The van der Waals surface area contributed by atoms with Crippen molar-refractivity contribution in [1.29, 1.82) is 0 Å². The van der Waals surface area contributed by atoms with Crippen LogP contribution in [-0.4, -0.2) is 52.2 Å². The van der Waals surface area contributed by atoms with Crippen LogP contribution in [0.1, 0.15) is 48.7 Å². The maximum atomic E-state index is 14.6. The van der Waals surface area contributed by atoms with Crippen LogP contribution in [0.3, 0.4) is 0 Å². The summed E-state index contributed by atoms with van der Waals surface area (Å²) >= 11 is 0. The predicted octanol–water partition coefficient (Wildman–Crippen LogP) is 4.79. The van der Waals surface area contributed by atoms with Gasteiger partial charge in [-0.1, -0.05) is 0 Å². The van der Waals surface area contributed by atoms with Gasteiger partial charge >= 0.3 is 0 Å². The summed E-state index contributed by atoms with van der Waals surface area (Å²) in [6.07, 6.45) is 4.73. The Labute approximate surface area is 225 Å². The molecule has 3 atom stereocenters. The van der Waals surface area contributed by atoms with E-state index in [1.807, 2.05) is 29.2 Å². The van der Waals surface area contributed by atoms with Gasteiger partial charge in [-0.2, -0.15) is 5.10 Å². The van der Waals surface area contributed by atoms with Gasteiger partial charge in [0, 0.05) is 54.9 Å². The zero-order valence-electron chi connectivity index (χ0n) is 21.9. The molecule has 2 N–H and O–H groups in total. The number of fused-ring (bicyclic) bond motifs is 1. The van der Waals surface area contributed by atoms with E-state index in [9.17, 15) is 13.6 Å². The molecule has 10 heteroatoms. The van der Waals surface area contributed by atoms with Crippen molar-refractivity contribution in [2.24, 2.45) is 0 Å². The van der Waals surface area contributed by atoms with E-state index in [0.717, 1.165) is 37.3 Å². The van der Waals surface area contributed by atoms with Crippen LogP contribution in [0.4, 0.5) is 26.0 Å². The Morgan fingerprint density at radius 2 is 1.82 bits per heavy atom. The van der Waals surface area contributed by atoms with Gasteiger partial charge in [-0.15, -0.1) is 0 Å². The van der Waals surface area contributed by atoms with E-state index < -0.39 is 11.6 Å². The average molecular weight is 532 g/mol. The number of halogens is 2. The molecule has 0 bridgehead atoms. The molecule has 6 rings (SSSR count). The Bertz CT molecular complexity index is 1500. The number of amides is 1. The molecule has 2 aliphatic rings. The fourth-order valence-corrected chi connectivity index (χ4v) is 5.81. The van der Waals surface area contributed by atoms with Crippen molar-refractivity contribution in [3.8, 4) is 0 Å². The minimum absolute atomic E-state index is 0.314. The van der Waals surface area contributed by atoms with Crippen LogP contribution < -0.4 is 20.4 Å². The lowest BCUT2D eigenvalue weighted by atomic mass is 10.0. The minimum Gasteiger partial charge on any atom is -0.368 e. The molecule has 2 fully saturated rings. The molecule has 202 valence electrons. The molecule has 0 saturated carbocycles. The molecule has 2 aromatic heterocycles. The fraction of sp³-hybridized carbons (Fsp3) is 0.345. The van der Waals surface area contributed by atoms with Gasteiger partial charge in [-0.05, 0) is 75.2 Å². The molecule has 8 nitrogen and oxygen atoms in total. The van der Waals surface area contributed by atoms with Gasteiger partial charge in [0.1, 0.15) is 23.0 Å². The van der Waals surface area contributed by atoms with Crippen molar-refractivity contribution in [3.05, 3.63) is 83.7 Å². The molecule has 4 aromatic rings. The van der Waals surface area contributed by atoms with Gasteiger partial charge in [0.05, 0.1) is 12.2 Å². The van der Waals surface area contributed by atoms with Crippen molar-refractivity contribution in [3.63, 3.8) is 0 Å². The first-order valence-corrected chi connectivity index (χ1v) is 13.3. The number of nitrogens with zero attached hydrogens (tertiary/aromatic N) is 5. The van der Waals surface area contributed by atoms with Crippen molar-refractivity contribution in [2.45, 2.75) is 44.8 Å². The number of hydrogen-bond acceptors (Lipinski definition) is 6. The van der Waals surface area contributed by atoms with Crippen LogP contribution in [0.25, 0.3) is 5.65 Å². The number of rotatable bonds is 5. The van der Waals surface area contributed by atoms with Crippen LogP contribution >= 0.6 is 0 Å². The van der Waals surface area contributed by atoms with E-state index in [4.69, 9.17) is 4.98 Å². The summed E-state index contributed by atoms with van der Waals surface area (Å²) in [5.74, 6) is -0.639. The number of nitrogens with one attached hydrogen (secondary N) is 2. The topological polar surface area (TPSA) is 77.8 Å². The van der Waals surface area contributed by atoms with Crippen molar-refractivity contribution in [2.75, 3.05) is 34.8 Å². The van der Waals surface area contributed by atoms with Gasteiger partial charge < -0.3 is 20.4 Å². The molecule has 39 heavy (non-hydrogen) atoms. The lowest BCUT2D eigenvalue weighted by Crippen LogP contribution is -2.54. The minimum atomic E-state index is -0.471. The predicted molar refractivity (Wildman–Crippen MR) is 147 cm³/mol. The Morgan fingerprint density at radius 3 is 2.59 bits per heavy atom. The van der Waals surface area contributed by atoms with Crippen molar-refractivity contribution >= 4 is 28.7 Å².